The van der Waals surface area contributed by atoms with Gasteiger partial charge >= 0.3 is 0 Å². The van der Waals surface area contributed by atoms with Crippen molar-refractivity contribution in [3.05, 3.63) is 5.82 Å². The van der Waals surface area contributed by atoms with Crippen LogP contribution in [0.25, 0.3) is 0 Å². The number of nitrogens with one attached hydrogen (secondary N) is 2. The van der Waals surface area contributed by atoms with E-state index in [9.17, 15) is 0 Å². The van der Waals surface area contributed by atoms with E-state index in [1.807, 2.05) is 6.92 Å². The summed E-state index contributed by atoms with van der Waals surface area (Å²) in [6.07, 6.45) is 2.64. The molecule has 0 amide bonds. The first kappa shape index (κ1) is 9.98. The van der Waals surface area contributed by atoms with Gasteiger partial charge in [0.05, 0.1) is 0 Å². The molecule has 78 valence electrons. The molecule has 4 nitrogen and oxygen atoms in total. The predicted octanol–water partition coefficient (Wildman–Crippen LogP) is 1.20. The number of hydrogen-bond acceptors (Lipinski definition) is 4. The second-order valence-electron chi connectivity index (χ2n) is 3.73. The summed E-state index contributed by atoms with van der Waals surface area (Å²) >= 11 is 1.75. The summed E-state index contributed by atoms with van der Waals surface area (Å²) in [6, 6.07) is 0. The molecule has 0 saturated carbocycles. The number of aryl methyl sites for hydroxylation is 1. The van der Waals surface area contributed by atoms with Crippen LogP contribution in [0.2, 0.25) is 0 Å². The number of H-pyrrole nitrogens is 1. The second kappa shape index (κ2) is 4.79. The van der Waals surface area contributed by atoms with Crippen molar-refractivity contribution in [2.75, 3.05) is 18.8 Å². The van der Waals surface area contributed by atoms with Crippen molar-refractivity contribution in [2.24, 2.45) is 5.92 Å². The lowest BCUT2D eigenvalue weighted by Gasteiger charge is -2.21. The third kappa shape index (κ3) is 2.72. The zero-order chi connectivity index (χ0) is 9.80. The van der Waals surface area contributed by atoms with E-state index >= 15 is 0 Å². The summed E-state index contributed by atoms with van der Waals surface area (Å²) in [6.45, 7) is 4.26. The zero-order valence-corrected chi connectivity index (χ0v) is 9.23. The van der Waals surface area contributed by atoms with Crippen molar-refractivity contribution in [1.82, 2.24) is 20.5 Å². The quantitative estimate of drug-likeness (QED) is 0.739. The third-order valence-corrected chi connectivity index (χ3v) is 3.50. The lowest BCUT2D eigenvalue weighted by molar-refractivity contribution is 0.410. The van der Waals surface area contributed by atoms with Gasteiger partial charge in [-0.15, -0.1) is 5.10 Å². The molecule has 0 aliphatic carbocycles. The molecule has 2 N–H and O–H groups in total. The first-order chi connectivity index (χ1) is 6.84. The molecular formula is C9H16N4S. The van der Waals surface area contributed by atoms with Gasteiger partial charge in [0, 0.05) is 5.75 Å². The van der Waals surface area contributed by atoms with Crippen LogP contribution < -0.4 is 5.32 Å². The van der Waals surface area contributed by atoms with E-state index in [0.29, 0.717) is 0 Å². The largest absolute Gasteiger partial charge is 0.316 e. The Morgan fingerprint density at radius 3 is 3.14 bits per heavy atom. The highest BCUT2D eigenvalue weighted by atomic mass is 32.2. The zero-order valence-electron chi connectivity index (χ0n) is 8.42. The van der Waals surface area contributed by atoms with E-state index in [1.165, 1.54) is 19.4 Å². The average Bonchev–Trinajstić information content (AvgIpc) is 2.63. The predicted molar refractivity (Wildman–Crippen MR) is 57.4 cm³/mol. The van der Waals surface area contributed by atoms with Crippen molar-refractivity contribution in [3.8, 4) is 0 Å². The maximum atomic E-state index is 4.27. The van der Waals surface area contributed by atoms with Crippen LogP contribution in [0.15, 0.2) is 5.16 Å². The monoisotopic (exact) mass is 212 g/mol. The van der Waals surface area contributed by atoms with Gasteiger partial charge in [-0.25, -0.2) is 4.98 Å². The number of hydrogen-bond donors (Lipinski definition) is 2. The van der Waals surface area contributed by atoms with E-state index in [0.717, 1.165) is 29.2 Å². The molecule has 1 aliphatic heterocycles. The maximum absolute atomic E-state index is 4.27. The standard InChI is InChI=1S/C9H16N4S/c1-7-11-9(13-12-7)14-6-8-3-2-4-10-5-8/h8,10H,2-6H2,1H3,(H,11,12,13). The Morgan fingerprint density at radius 2 is 2.50 bits per heavy atom. The van der Waals surface area contributed by atoms with Crippen molar-refractivity contribution in [1.29, 1.82) is 0 Å². The second-order valence-corrected chi connectivity index (χ2v) is 4.71. The van der Waals surface area contributed by atoms with Gasteiger partial charge in [0.2, 0.25) is 5.16 Å². The minimum atomic E-state index is 0.785. The SMILES string of the molecule is Cc1nc(SCC2CCCNC2)n[nH]1. The molecule has 14 heavy (non-hydrogen) atoms. The Hall–Kier alpha value is -0.550. The van der Waals surface area contributed by atoms with Crippen molar-refractivity contribution >= 4 is 11.8 Å². The first-order valence-corrected chi connectivity index (χ1v) is 6.05. The Morgan fingerprint density at radius 1 is 1.57 bits per heavy atom. The van der Waals surface area contributed by atoms with Gasteiger partial charge in [-0.3, -0.25) is 5.10 Å². The maximum Gasteiger partial charge on any atom is 0.208 e. The van der Waals surface area contributed by atoms with Crippen LogP contribution in [0, 0.1) is 12.8 Å². The highest BCUT2D eigenvalue weighted by molar-refractivity contribution is 7.99. The Labute approximate surface area is 88.3 Å². The molecule has 0 spiro atoms. The third-order valence-electron chi connectivity index (χ3n) is 2.42. The van der Waals surface area contributed by atoms with E-state index in [2.05, 4.69) is 20.5 Å². The lowest BCUT2D eigenvalue weighted by Crippen LogP contribution is -2.30. The fourth-order valence-corrected chi connectivity index (χ4v) is 2.63. The van der Waals surface area contributed by atoms with E-state index in [4.69, 9.17) is 0 Å². The van der Waals surface area contributed by atoms with Crippen LogP contribution in [-0.2, 0) is 0 Å². The highest BCUT2D eigenvalue weighted by Crippen LogP contribution is 2.20. The number of nitrogens with zero attached hydrogens (tertiary/aromatic N) is 2. The van der Waals surface area contributed by atoms with Gasteiger partial charge in [-0.05, 0) is 38.8 Å². The summed E-state index contributed by atoms with van der Waals surface area (Å²) in [5, 5.41) is 11.3. The molecule has 1 atom stereocenters. The van der Waals surface area contributed by atoms with Crippen LogP contribution in [0.1, 0.15) is 18.7 Å². The summed E-state index contributed by atoms with van der Waals surface area (Å²) < 4.78 is 0. The Bertz CT molecular complexity index is 280. The molecule has 2 heterocycles. The first-order valence-electron chi connectivity index (χ1n) is 5.07. The molecule has 1 aromatic heterocycles. The van der Waals surface area contributed by atoms with Crippen LogP contribution in [0.3, 0.4) is 0 Å². The molecular weight excluding hydrogens is 196 g/mol. The van der Waals surface area contributed by atoms with Crippen molar-refractivity contribution in [2.45, 2.75) is 24.9 Å². The summed E-state index contributed by atoms with van der Waals surface area (Å²) in [5.41, 5.74) is 0. The van der Waals surface area contributed by atoms with Gasteiger partial charge in [0.15, 0.2) is 0 Å². The van der Waals surface area contributed by atoms with Crippen LogP contribution in [0.5, 0.6) is 0 Å². The molecule has 1 saturated heterocycles. The van der Waals surface area contributed by atoms with Crippen LogP contribution >= 0.6 is 11.8 Å². The fraction of sp³-hybridized carbons (Fsp3) is 0.778. The normalized spacial score (nSPS) is 22.5. The summed E-state index contributed by atoms with van der Waals surface area (Å²) in [7, 11) is 0. The smallest absolute Gasteiger partial charge is 0.208 e. The molecule has 1 unspecified atom stereocenters. The van der Waals surface area contributed by atoms with Crippen molar-refractivity contribution in [3.63, 3.8) is 0 Å². The topological polar surface area (TPSA) is 53.6 Å². The minimum Gasteiger partial charge on any atom is -0.316 e. The number of rotatable bonds is 3. The lowest BCUT2D eigenvalue weighted by atomic mass is 10.0. The van der Waals surface area contributed by atoms with E-state index < -0.39 is 0 Å². The fourth-order valence-electron chi connectivity index (χ4n) is 1.65. The Kier molecular flexibility index (Phi) is 3.42. The number of thioether (sulfide) groups is 1. The van der Waals surface area contributed by atoms with Crippen LogP contribution in [-0.4, -0.2) is 34.0 Å². The van der Waals surface area contributed by atoms with Gasteiger partial charge in [0.1, 0.15) is 5.82 Å². The average molecular weight is 212 g/mol. The number of aromatic amines is 1. The van der Waals surface area contributed by atoms with Gasteiger partial charge in [-0.2, -0.15) is 0 Å². The molecule has 1 fully saturated rings. The number of piperidine rings is 1. The van der Waals surface area contributed by atoms with Crippen LogP contribution in [0.4, 0.5) is 0 Å². The molecule has 0 aromatic carbocycles. The molecule has 0 radical (unpaired) electrons. The van der Waals surface area contributed by atoms with E-state index in [-0.39, 0.29) is 0 Å². The highest BCUT2D eigenvalue weighted by Gasteiger charge is 2.13. The number of aromatic nitrogens is 3. The molecule has 1 aromatic rings. The summed E-state index contributed by atoms with van der Waals surface area (Å²) in [5.74, 6) is 2.81. The van der Waals surface area contributed by atoms with Gasteiger partial charge in [0.25, 0.3) is 0 Å². The molecule has 2 rings (SSSR count). The Balaban J connectivity index is 1.76. The minimum absolute atomic E-state index is 0.785. The molecule has 5 heteroatoms. The van der Waals surface area contributed by atoms with Gasteiger partial charge in [-0.1, -0.05) is 11.8 Å². The molecule has 0 bridgehead atoms. The molecule has 1 aliphatic rings. The van der Waals surface area contributed by atoms with Crippen molar-refractivity contribution < 1.29 is 0 Å². The van der Waals surface area contributed by atoms with Gasteiger partial charge < -0.3 is 5.32 Å². The summed E-state index contributed by atoms with van der Waals surface area (Å²) in [4.78, 5) is 4.27. The van der Waals surface area contributed by atoms with E-state index in [1.54, 1.807) is 11.8 Å².